The highest BCUT2D eigenvalue weighted by molar-refractivity contribution is 6.18. The molecule has 1 atom stereocenters. The Bertz CT molecular complexity index is 237. The van der Waals surface area contributed by atoms with E-state index in [-0.39, 0.29) is 11.9 Å². The summed E-state index contributed by atoms with van der Waals surface area (Å²) in [4.78, 5) is 11.9. The lowest BCUT2D eigenvalue weighted by Crippen LogP contribution is -2.37. The molecule has 0 aliphatic heterocycles. The Hall–Kier alpha value is -0.240. The van der Waals surface area contributed by atoms with Gasteiger partial charge in [-0.3, -0.25) is 4.79 Å². The fourth-order valence-corrected chi connectivity index (χ4v) is 3.04. The first-order chi connectivity index (χ1) is 8.61. The van der Waals surface area contributed by atoms with E-state index in [0.717, 1.165) is 18.8 Å². The smallest absolute Gasteiger partial charge is 0.220 e. The minimum Gasteiger partial charge on any atom is -0.352 e. The van der Waals surface area contributed by atoms with Crippen LogP contribution in [0.4, 0.5) is 0 Å². The maximum atomic E-state index is 11.9. The van der Waals surface area contributed by atoms with Crippen LogP contribution in [0.1, 0.15) is 65.2 Å². The summed E-state index contributed by atoms with van der Waals surface area (Å²) in [5.74, 6) is 2.07. The fourth-order valence-electron chi connectivity index (χ4n) is 2.84. The highest BCUT2D eigenvalue weighted by atomic mass is 35.5. The van der Waals surface area contributed by atoms with Gasteiger partial charge in [-0.05, 0) is 24.7 Å². The third kappa shape index (κ3) is 6.63. The standard InChI is InChI=1S/C15H28ClNO/c1-12(2)10-14(11-16)17-15(18)9-8-13-6-4-3-5-7-13/h12-14H,3-11H2,1-2H3,(H,17,18). The monoisotopic (exact) mass is 273 g/mol. The first kappa shape index (κ1) is 15.8. The Balaban J connectivity index is 2.18. The molecule has 0 aromatic heterocycles. The first-order valence-electron chi connectivity index (χ1n) is 7.47. The van der Waals surface area contributed by atoms with Crippen molar-refractivity contribution in [2.45, 2.75) is 71.3 Å². The maximum Gasteiger partial charge on any atom is 0.220 e. The highest BCUT2D eigenvalue weighted by Gasteiger charge is 2.17. The van der Waals surface area contributed by atoms with Crippen molar-refractivity contribution >= 4 is 17.5 Å². The molecule has 18 heavy (non-hydrogen) atoms. The minimum atomic E-state index is 0.144. The number of hydrogen-bond donors (Lipinski definition) is 1. The molecule has 1 rings (SSSR count). The van der Waals surface area contributed by atoms with Gasteiger partial charge in [0, 0.05) is 18.3 Å². The number of hydrogen-bond acceptors (Lipinski definition) is 1. The molecule has 0 heterocycles. The normalized spacial score (nSPS) is 18.9. The van der Waals surface area contributed by atoms with Crippen molar-refractivity contribution < 1.29 is 4.79 Å². The van der Waals surface area contributed by atoms with Crippen LogP contribution in [0.25, 0.3) is 0 Å². The number of rotatable bonds is 7. The molecule has 0 radical (unpaired) electrons. The van der Waals surface area contributed by atoms with Crippen molar-refractivity contribution in [3.8, 4) is 0 Å². The van der Waals surface area contributed by atoms with Gasteiger partial charge in [0.15, 0.2) is 0 Å². The van der Waals surface area contributed by atoms with E-state index in [9.17, 15) is 4.79 Å². The molecule has 1 unspecified atom stereocenters. The highest BCUT2D eigenvalue weighted by Crippen LogP contribution is 2.27. The predicted octanol–water partition coefficient (Wildman–Crippen LogP) is 4.12. The van der Waals surface area contributed by atoms with E-state index in [0.29, 0.717) is 18.2 Å². The first-order valence-corrected chi connectivity index (χ1v) is 8.00. The predicted molar refractivity (Wildman–Crippen MR) is 77.9 cm³/mol. The van der Waals surface area contributed by atoms with E-state index in [2.05, 4.69) is 19.2 Å². The Kier molecular flexibility index (Phi) is 7.73. The molecule has 0 spiro atoms. The Morgan fingerprint density at radius 1 is 1.28 bits per heavy atom. The van der Waals surface area contributed by atoms with Crippen LogP contribution in [-0.4, -0.2) is 17.8 Å². The lowest BCUT2D eigenvalue weighted by Gasteiger charge is -2.22. The van der Waals surface area contributed by atoms with E-state index in [1.807, 2.05) is 0 Å². The van der Waals surface area contributed by atoms with E-state index in [4.69, 9.17) is 11.6 Å². The number of amides is 1. The van der Waals surface area contributed by atoms with Crippen LogP contribution in [0.15, 0.2) is 0 Å². The molecule has 3 heteroatoms. The van der Waals surface area contributed by atoms with Gasteiger partial charge in [-0.1, -0.05) is 46.0 Å². The Labute approximate surface area is 117 Å². The lowest BCUT2D eigenvalue weighted by molar-refractivity contribution is -0.122. The molecule has 1 fully saturated rings. The van der Waals surface area contributed by atoms with Crippen molar-refractivity contribution in [2.75, 3.05) is 5.88 Å². The topological polar surface area (TPSA) is 29.1 Å². The summed E-state index contributed by atoms with van der Waals surface area (Å²) in [6.45, 7) is 4.32. The van der Waals surface area contributed by atoms with E-state index in [1.165, 1.54) is 32.1 Å². The van der Waals surface area contributed by atoms with Gasteiger partial charge in [-0.2, -0.15) is 0 Å². The molecule has 1 saturated carbocycles. The van der Waals surface area contributed by atoms with Gasteiger partial charge >= 0.3 is 0 Å². The summed E-state index contributed by atoms with van der Waals surface area (Å²) in [5, 5.41) is 3.07. The average Bonchev–Trinajstić information content (AvgIpc) is 2.36. The molecule has 1 N–H and O–H groups in total. The fraction of sp³-hybridized carbons (Fsp3) is 0.933. The summed E-state index contributed by atoms with van der Waals surface area (Å²) in [7, 11) is 0. The lowest BCUT2D eigenvalue weighted by atomic mass is 9.86. The van der Waals surface area contributed by atoms with Gasteiger partial charge in [0.1, 0.15) is 0 Å². The number of carbonyl (C=O) groups is 1. The zero-order valence-electron chi connectivity index (χ0n) is 11.9. The zero-order chi connectivity index (χ0) is 13.4. The van der Waals surface area contributed by atoms with Crippen molar-refractivity contribution in [3.05, 3.63) is 0 Å². The van der Waals surface area contributed by atoms with Gasteiger partial charge in [0.2, 0.25) is 5.91 Å². The molecule has 0 bridgehead atoms. The number of halogens is 1. The van der Waals surface area contributed by atoms with Gasteiger partial charge in [-0.15, -0.1) is 11.6 Å². The molecule has 1 amide bonds. The summed E-state index contributed by atoms with van der Waals surface area (Å²) >= 11 is 5.89. The second-order valence-corrected chi connectivity index (χ2v) is 6.40. The molecule has 2 nitrogen and oxygen atoms in total. The van der Waals surface area contributed by atoms with Crippen LogP contribution in [0, 0.1) is 11.8 Å². The Morgan fingerprint density at radius 3 is 2.50 bits per heavy atom. The van der Waals surface area contributed by atoms with Crippen LogP contribution in [0.5, 0.6) is 0 Å². The van der Waals surface area contributed by atoms with Crippen molar-refractivity contribution in [2.24, 2.45) is 11.8 Å². The second kappa shape index (κ2) is 8.79. The molecule has 0 aromatic rings. The molecule has 1 aliphatic carbocycles. The van der Waals surface area contributed by atoms with Crippen molar-refractivity contribution in [3.63, 3.8) is 0 Å². The van der Waals surface area contributed by atoms with Gasteiger partial charge in [0.25, 0.3) is 0 Å². The summed E-state index contributed by atoms with van der Waals surface area (Å²) < 4.78 is 0. The van der Waals surface area contributed by atoms with E-state index < -0.39 is 0 Å². The molecular formula is C15H28ClNO. The van der Waals surface area contributed by atoms with Crippen molar-refractivity contribution in [1.82, 2.24) is 5.32 Å². The second-order valence-electron chi connectivity index (χ2n) is 6.09. The van der Waals surface area contributed by atoms with Crippen molar-refractivity contribution in [1.29, 1.82) is 0 Å². The zero-order valence-corrected chi connectivity index (χ0v) is 12.6. The summed E-state index contributed by atoms with van der Waals surface area (Å²) in [6, 6.07) is 0.144. The maximum absolute atomic E-state index is 11.9. The average molecular weight is 274 g/mol. The molecular weight excluding hydrogens is 246 g/mol. The number of carbonyl (C=O) groups excluding carboxylic acids is 1. The van der Waals surface area contributed by atoms with E-state index in [1.54, 1.807) is 0 Å². The van der Waals surface area contributed by atoms with Crippen LogP contribution in [-0.2, 0) is 4.79 Å². The summed E-state index contributed by atoms with van der Waals surface area (Å²) in [5.41, 5.74) is 0. The number of nitrogens with one attached hydrogen (secondary N) is 1. The molecule has 0 aromatic carbocycles. The third-order valence-electron chi connectivity index (χ3n) is 3.81. The van der Waals surface area contributed by atoms with Crippen LogP contribution in [0.3, 0.4) is 0 Å². The Morgan fingerprint density at radius 2 is 1.94 bits per heavy atom. The SMILES string of the molecule is CC(C)CC(CCl)NC(=O)CCC1CCCCC1. The number of alkyl halides is 1. The largest absolute Gasteiger partial charge is 0.352 e. The van der Waals surface area contributed by atoms with Gasteiger partial charge < -0.3 is 5.32 Å². The van der Waals surface area contributed by atoms with Gasteiger partial charge in [-0.25, -0.2) is 0 Å². The molecule has 1 aliphatic rings. The minimum absolute atomic E-state index is 0.144. The molecule has 0 saturated heterocycles. The van der Waals surface area contributed by atoms with Crippen LogP contribution >= 0.6 is 11.6 Å². The molecule has 106 valence electrons. The van der Waals surface area contributed by atoms with Crippen LogP contribution in [0.2, 0.25) is 0 Å². The third-order valence-corrected chi connectivity index (χ3v) is 4.18. The summed E-state index contributed by atoms with van der Waals surface area (Å²) in [6.07, 6.45) is 9.42. The van der Waals surface area contributed by atoms with E-state index >= 15 is 0 Å². The quantitative estimate of drug-likeness (QED) is 0.695. The van der Waals surface area contributed by atoms with Crippen LogP contribution < -0.4 is 5.32 Å². The van der Waals surface area contributed by atoms with Gasteiger partial charge in [0.05, 0.1) is 0 Å².